The molecule has 0 aromatic heterocycles. The lowest BCUT2D eigenvalue weighted by Crippen LogP contribution is -2.40. The fourth-order valence-corrected chi connectivity index (χ4v) is 2.47. The highest BCUT2D eigenvalue weighted by Crippen LogP contribution is 2.29. The summed E-state index contributed by atoms with van der Waals surface area (Å²) in [5.74, 6) is 1.21. The Morgan fingerprint density at radius 2 is 1.90 bits per heavy atom. The maximum absolute atomic E-state index is 12.0. The quantitative estimate of drug-likeness (QED) is 0.794. The SMILES string of the molecule is COc1ccc(NC(=O)NC2CCC(O)CC2)c(OC)c1. The average Bonchev–Trinajstić information content (AvgIpc) is 2.50. The van der Waals surface area contributed by atoms with Crippen LogP contribution < -0.4 is 20.1 Å². The molecule has 116 valence electrons. The van der Waals surface area contributed by atoms with Crippen LogP contribution in [-0.2, 0) is 0 Å². The molecule has 0 bridgehead atoms. The van der Waals surface area contributed by atoms with Crippen molar-refractivity contribution in [2.24, 2.45) is 0 Å². The highest BCUT2D eigenvalue weighted by Gasteiger charge is 2.21. The standard InChI is InChI=1S/C15H22N2O4/c1-20-12-7-8-13(14(9-12)21-2)17-15(19)16-10-3-5-11(18)6-4-10/h7-11,18H,3-6H2,1-2H3,(H2,16,17,19). The molecule has 1 aromatic rings. The second kappa shape index (κ2) is 7.17. The van der Waals surface area contributed by atoms with Gasteiger partial charge in [-0.05, 0) is 37.8 Å². The Bertz CT molecular complexity index is 485. The molecule has 0 aliphatic heterocycles. The zero-order valence-corrected chi connectivity index (χ0v) is 12.4. The number of urea groups is 1. The van der Waals surface area contributed by atoms with Crippen molar-refractivity contribution in [1.82, 2.24) is 5.32 Å². The van der Waals surface area contributed by atoms with E-state index in [0.29, 0.717) is 17.2 Å². The van der Waals surface area contributed by atoms with E-state index in [2.05, 4.69) is 10.6 Å². The lowest BCUT2D eigenvalue weighted by molar-refractivity contribution is 0.118. The second-order valence-electron chi connectivity index (χ2n) is 5.17. The number of benzene rings is 1. The topological polar surface area (TPSA) is 79.8 Å². The van der Waals surface area contributed by atoms with E-state index < -0.39 is 0 Å². The van der Waals surface area contributed by atoms with E-state index in [4.69, 9.17) is 9.47 Å². The average molecular weight is 294 g/mol. The molecule has 0 atom stereocenters. The molecule has 1 aliphatic rings. The molecule has 0 heterocycles. The van der Waals surface area contributed by atoms with Crippen LogP contribution in [-0.4, -0.2) is 37.5 Å². The minimum Gasteiger partial charge on any atom is -0.497 e. The van der Waals surface area contributed by atoms with Gasteiger partial charge in [-0.15, -0.1) is 0 Å². The minimum absolute atomic E-state index is 0.109. The second-order valence-corrected chi connectivity index (χ2v) is 5.17. The molecule has 1 aromatic carbocycles. The fraction of sp³-hybridized carbons (Fsp3) is 0.533. The first-order chi connectivity index (χ1) is 10.1. The summed E-state index contributed by atoms with van der Waals surface area (Å²) in [4.78, 5) is 12.0. The molecule has 21 heavy (non-hydrogen) atoms. The van der Waals surface area contributed by atoms with E-state index >= 15 is 0 Å². The highest BCUT2D eigenvalue weighted by atomic mass is 16.5. The Kier molecular flexibility index (Phi) is 5.27. The number of amides is 2. The van der Waals surface area contributed by atoms with Crippen molar-refractivity contribution in [3.63, 3.8) is 0 Å². The van der Waals surface area contributed by atoms with Crippen LogP contribution in [0.15, 0.2) is 18.2 Å². The molecular weight excluding hydrogens is 272 g/mol. The summed E-state index contributed by atoms with van der Waals surface area (Å²) in [6.45, 7) is 0. The predicted octanol–water partition coefficient (Wildman–Crippen LogP) is 2.13. The molecule has 1 aliphatic carbocycles. The summed E-state index contributed by atoms with van der Waals surface area (Å²) >= 11 is 0. The van der Waals surface area contributed by atoms with E-state index in [1.165, 1.54) is 0 Å². The third kappa shape index (κ3) is 4.26. The van der Waals surface area contributed by atoms with Crippen molar-refractivity contribution in [3.05, 3.63) is 18.2 Å². The van der Waals surface area contributed by atoms with Crippen molar-refractivity contribution >= 4 is 11.7 Å². The largest absolute Gasteiger partial charge is 0.497 e. The van der Waals surface area contributed by atoms with Crippen molar-refractivity contribution in [3.8, 4) is 11.5 Å². The van der Waals surface area contributed by atoms with Crippen LogP contribution in [0.5, 0.6) is 11.5 Å². The molecule has 2 amide bonds. The van der Waals surface area contributed by atoms with Gasteiger partial charge in [-0.25, -0.2) is 4.79 Å². The van der Waals surface area contributed by atoms with Crippen molar-refractivity contribution in [1.29, 1.82) is 0 Å². The number of hydrogen-bond donors (Lipinski definition) is 3. The van der Waals surface area contributed by atoms with Gasteiger partial charge < -0.3 is 25.2 Å². The zero-order valence-electron chi connectivity index (χ0n) is 12.4. The summed E-state index contributed by atoms with van der Waals surface area (Å²) < 4.78 is 10.4. The van der Waals surface area contributed by atoms with E-state index in [9.17, 15) is 9.90 Å². The van der Waals surface area contributed by atoms with Gasteiger partial charge in [0.05, 0.1) is 26.0 Å². The first-order valence-corrected chi connectivity index (χ1v) is 7.10. The smallest absolute Gasteiger partial charge is 0.319 e. The van der Waals surface area contributed by atoms with Gasteiger partial charge in [0.2, 0.25) is 0 Å². The van der Waals surface area contributed by atoms with Crippen LogP contribution in [0.25, 0.3) is 0 Å². The molecule has 3 N–H and O–H groups in total. The van der Waals surface area contributed by atoms with Crippen LogP contribution >= 0.6 is 0 Å². The lowest BCUT2D eigenvalue weighted by atomic mass is 9.93. The van der Waals surface area contributed by atoms with Gasteiger partial charge in [0.1, 0.15) is 11.5 Å². The molecule has 6 heteroatoms. The number of carbonyl (C=O) groups is 1. The van der Waals surface area contributed by atoms with Gasteiger partial charge in [0, 0.05) is 12.1 Å². The summed E-state index contributed by atoms with van der Waals surface area (Å²) in [7, 11) is 3.12. The van der Waals surface area contributed by atoms with Crippen molar-refractivity contribution < 1.29 is 19.4 Å². The van der Waals surface area contributed by atoms with Gasteiger partial charge in [0.25, 0.3) is 0 Å². The molecule has 0 unspecified atom stereocenters. The number of nitrogens with one attached hydrogen (secondary N) is 2. The number of anilines is 1. The highest BCUT2D eigenvalue weighted by molar-refractivity contribution is 5.91. The minimum atomic E-state index is -0.264. The van der Waals surface area contributed by atoms with Crippen molar-refractivity contribution in [2.45, 2.75) is 37.8 Å². The van der Waals surface area contributed by atoms with Crippen LogP contribution in [0.1, 0.15) is 25.7 Å². The first-order valence-electron chi connectivity index (χ1n) is 7.10. The van der Waals surface area contributed by atoms with Gasteiger partial charge >= 0.3 is 6.03 Å². The lowest BCUT2D eigenvalue weighted by Gasteiger charge is -2.26. The Morgan fingerprint density at radius 1 is 1.19 bits per heavy atom. The fourth-order valence-electron chi connectivity index (χ4n) is 2.47. The normalized spacial score (nSPS) is 21.5. The Hall–Kier alpha value is -1.95. The van der Waals surface area contributed by atoms with Gasteiger partial charge in [0.15, 0.2) is 0 Å². The van der Waals surface area contributed by atoms with Crippen LogP contribution in [0.2, 0.25) is 0 Å². The predicted molar refractivity (Wildman–Crippen MR) is 80.0 cm³/mol. The van der Waals surface area contributed by atoms with Crippen LogP contribution in [0.3, 0.4) is 0 Å². The molecule has 1 fully saturated rings. The number of hydrogen-bond acceptors (Lipinski definition) is 4. The van der Waals surface area contributed by atoms with Gasteiger partial charge in [-0.3, -0.25) is 0 Å². The van der Waals surface area contributed by atoms with Gasteiger partial charge in [-0.1, -0.05) is 0 Å². The molecular formula is C15H22N2O4. The zero-order chi connectivity index (χ0) is 15.2. The number of carbonyl (C=O) groups excluding carboxylic acids is 1. The number of aliphatic hydroxyl groups is 1. The van der Waals surface area contributed by atoms with E-state index in [0.717, 1.165) is 25.7 Å². The summed E-state index contributed by atoms with van der Waals surface area (Å²) in [5, 5.41) is 15.2. The van der Waals surface area contributed by atoms with Crippen LogP contribution in [0, 0.1) is 0 Å². The number of methoxy groups -OCH3 is 2. The number of rotatable bonds is 4. The molecule has 6 nitrogen and oxygen atoms in total. The Labute approximate surface area is 124 Å². The summed E-state index contributed by atoms with van der Waals surface area (Å²) in [6, 6.07) is 5.06. The first kappa shape index (κ1) is 15.4. The summed E-state index contributed by atoms with van der Waals surface area (Å²) in [6.07, 6.45) is 2.84. The molecule has 0 radical (unpaired) electrons. The van der Waals surface area contributed by atoms with E-state index in [-0.39, 0.29) is 18.2 Å². The van der Waals surface area contributed by atoms with Crippen molar-refractivity contribution in [2.75, 3.05) is 19.5 Å². The third-order valence-corrected chi connectivity index (χ3v) is 3.69. The monoisotopic (exact) mass is 294 g/mol. The number of ether oxygens (including phenoxy) is 2. The van der Waals surface area contributed by atoms with Crippen LogP contribution in [0.4, 0.5) is 10.5 Å². The summed E-state index contributed by atoms with van der Waals surface area (Å²) in [5.41, 5.74) is 0.589. The third-order valence-electron chi connectivity index (χ3n) is 3.69. The van der Waals surface area contributed by atoms with E-state index in [1.54, 1.807) is 32.4 Å². The number of aliphatic hydroxyl groups excluding tert-OH is 1. The maximum atomic E-state index is 12.0. The van der Waals surface area contributed by atoms with Gasteiger partial charge in [-0.2, -0.15) is 0 Å². The molecule has 2 rings (SSSR count). The Morgan fingerprint density at radius 3 is 2.52 bits per heavy atom. The molecule has 1 saturated carbocycles. The maximum Gasteiger partial charge on any atom is 0.319 e. The Balaban J connectivity index is 1.93. The molecule has 0 saturated heterocycles. The van der Waals surface area contributed by atoms with E-state index in [1.807, 2.05) is 0 Å². The molecule has 0 spiro atoms.